The van der Waals surface area contributed by atoms with Crippen LogP contribution in [0.3, 0.4) is 0 Å². The first-order valence-corrected chi connectivity index (χ1v) is 6.82. The van der Waals surface area contributed by atoms with Crippen molar-refractivity contribution in [2.24, 2.45) is 0 Å². The number of nitrogens with one attached hydrogen (secondary N) is 1. The Morgan fingerprint density at radius 1 is 1.10 bits per heavy atom. The van der Waals surface area contributed by atoms with Gasteiger partial charge in [-0.25, -0.2) is 4.79 Å². The Morgan fingerprint density at radius 2 is 1.85 bits per heavy atom. The molecule has 2 aromatic rings. The van der Waals surface area contributed by atoms with Gasteiger partial charge < -0.3 is 0 Å². The molecule has 0 atom stereocenters. The van der Waals surface area contributed by atoms with Crippen molar-refractivity contribution < 1.29 is 9.59 Å². The lowest BCUT2D eigenvalue weighted by atomic mass is 10.0. The molecule has 3 amide bonds. The minimum Gasteiger partial charge on any atom is -0.293 e. The van der Waals surface area contributed by atoms with Gasteiger partial charge in [0, 0.05) is 18.4 Å². The summed E-state index contributed by atoms with van der Waals surface area (Å²) in [6, 6.07) is 11.8. The standard InChI is InChI=1S/C16H16N2O2/c1-2-11-5-3-7-13-12(11)6-4-8-14(13)18-10-9-15(19)17-16(18)20/h3-8H,2,9-10H2,1H3,(H,17,19,20). The van der Waals surface area contributed by atoms with E-state index in [1.165, 1.54) is 5.56 Å². The van der Waals surface area contributed by atoms with E-state index < -0.39 is 0 Å². The Bertz CT molecular complexity index is 694. The quantitative estimate of drug-likeness (QED) is 0.910. The molecule has 102 valence electrons. The third kappa shape index (κ3) is 2.03. The van der Waals surface area contributed by atoms with Crippen molar-refractivity contribution in [3.8, 4) is 0 Å². The fraction of sp³-hybridized carbons (Fsp3) is 0.250. The highest BCUT2D eigenvalue weighted by molar-refractivity contribution is 6.10. The third-order valence-electron chi connectivity index (χ3n) is 3.72. The van der Waals surface area contributed by atoms with Gasteiger partial charge in [0.1, 0.15) is 0 Å². The van der Waals surface area contributed by atoms with Crippen LogP contribution in [0, 0.1) is 0 Å². The first kappa shape index (κ1) is 12.7. The minimum absolute atomic E-state index is 0.208. The lowest BCUT2D eigenvalue weighted by Crippen LogP contribution is -2.49. The van der Waals surface area contributed by atoms with Crippen molar-refractivity contribution in [3.05, 3.63) is 42.0 Å². The van der Waals surface area contributed by atoms with Crippen LogP contribution in [0.25, 0.3) is 10.8 Å². The first-order valence-electron chi connectivity index (χ1n) is 6.82. The van der Waals surface area contributed by atoms with E-state index in [1.807, 2.05) is 24.3 Å². The van der Waals surface area contributed by atoms with Crippen LogP contribution in [0.15, 0.2) is 36.4 Å². The molecule has 2 aromatic carbocycles. The highest BCUT2D eigenvalue weighted by Crippen LogP contribution is 2.30. The summed E-state index contributed by atoms with van der Waals surface area (Å²) in [4.78, 5) is 24.9. The molecule has 1 fully saturated rings. The average Bonchev–Trinajstić information content (AvgIpc) is 2.46. The van der Waals surface area contributed by atoms with E-state index in [-0.39, 0.29) is 11.9 Å². The Balaban J connectivity index is 2.12. The number of benzene rings is 2. The van der Waals surface area contributed by atoms with E-state index in [0.29, 0.717) is 13.0 Å². The minimum atomic E-state index is -0.337. The summed E-state index contributed by atoms with van der Waals surface area (Å²) < 4.78 is 0. The maximum Gasteiger partial charge on any atom is 0.328 e. The molecular weight excluding hydrogens is 252 g/mol. The van der Waals surface area contributed by atoms with Gasteiger partial charge in [0.25, 0.3) is 0 Å². The predicted molar refractivity (Wildman–Crippen MR) is 78.8 cm³/mol. The van der Waals surface area contributed by atoms with Crippen molar-refractivity contribution in [1.29, 1.82) is 0 Å². The summed E-state index contributed by atoms with van der Waals surface area (Å²) in [6.07, 6.45) is 1.29. The van der Waals surface area contributed by atoms with Crippen molar-refractivity contribution in [3.63, 3.8) is 0 Å². The molecule has 0 unspecified atom stereocenters. The molecule has 1 saturated heterocycles. The van der Waals surface area contributed by atoms with Crippen molar-refractivity contribution >= 4 is 28.4 Å². The number of aryl methyl sites for hydroxylation is 1. The molecular formula is C16H16N2O2. The van der Waals surface area contributed by atoms with Crippen LogP contribution in [0.5, 0.6) is 0 Å². The lowest BCUT2D eigenvalue weighted by molar-refractivity contribution is -0.120. The second-order valence-electron chi connectivity index (χ2n) is 4.90. The summed E-state index contributed by atoms with van der Waals surface area (Å²) in [5, 5.41) is 4.59. The molecule has 0 aromatic heterocycles. The van der Waals surface area contributed by atoms with E-state index in [4.69, 9.17) is 0 Å². The highest BCUT2D eigenvalue weighted by Gasteiger charge is 2.25. The number of anilines is 1. The number of hydrogen-bond donors (Lipinski definition) is 1. The number of rotatable bonds is 2. The normalized spacial score (nSPS) is 15.6. The molecule has 0 bridgehead atoms. The number of hydrogen-bond acceptors (Lipinski definition) is 2. The molecule has 4 heteroatoms. The van der Waals surface area contributed by atoms with Gasteiger partial charge in [-0.1, -0.05) is 37.3 Å². The van der Waals surface area contributed by atoms with Gasteiger partial charge in [-0.2, -0.15) is 0 Å². The van der Waals surface area contributed by atoms with Crippen LogP contribution in [-0.4, -0.2) is 18.5 Å². The molecule has 1 heterocycles. The van der Waals surface area contributed by atoms with Crippen LogP contribution in [0.4, 0.5) is 10.5 Å². The predicted octanol–water partition coefficient (Wildman–Crippen LogP) is 2.85. The monoisotopic (exact) mass is 268 g/mol. The zero-order valence-corrected chi connectivity index (χ0v) is 11.3. The van der Waals surface area contributed by atoms with Crippen molar-refractivity contribution in [1.82, 2.24) is 5.32 Å². The number of urea groups is 1. The maximum absolute atomic E-state index is 12.0. The van der Waals surface area contributed by atoms with Crippen molar-refractivity contribution in [2.75, 3.05) is 11.4 Å². The number of carbonyl (C=O) groups is 2. The maximum atomic E-state index is 12.0. The number of carbonyl (C=O) groups excluding carboxylic acids is 2. The lowest BCUT2D eigenvalue weighted by Gasteiger charge is -2.27. The second kappa shape index (κ2) is 4.96. The first-order chi connectivity index (χ1) is 9.70. The fourth-order valence-electron chi connectivity index (χ4n) is 2.70. The summed E-state index contributed by atoms with van der Waals surface area (Å²) in [5.41, 5.74) is 2.13. The van der Waals surface area contributed by atoms with Crippen LogP contribution in [0.1, 0.15) is 18.9 Å². The smallest absolute Gasteiger partial charge is 0.293 e. The van der Waals surface area contributed by atoms with Crippen LogP contribution < -0.4 is 10.2 Å². The highest BCUT2D eigenvalue weighted by atomic mass is 16.2. The number of imide groups is 1. The Kier molecular flexibility index (Phi) is 3.14. The van der Waals surface area contributed by atoms with Gasteiger partial charge in [-0.3, -0.25) is 15.0 Å². The second-order valence-corrected chi connectivity index (χ2v) is 4.90. The average molecular weight is 268 g/mol. The largest absolute Gasteiger partial charge is 0.328 e. The van der Waals surface area contributed by atoms with Gasteiger partial charge in [0.05, 0.1) is 5.69 Å². The van der Waals surface area contributed by atoms with Gasteiger partial charge in [-0.15, -0.1) is 0 Å². The van der Waals surface area contributed by atoms with Gasteiger partial charge in [0.2, 0.25) is 5.91 Å². The van der Waals surface area contributed by atoms with Gasteiger partial charge in [-0.05, 0) is 23.4 Å². The molecule has 3 rings (SSSR count). The number of fused-ring (bicyclic) bond motifs is 1. The molecule has 1 N–H and O–H groups in total. The van der Waals surface area contributed by atoms with Gasteiger partial charge >= 0.3 is 6.03 Å². The Morgan fingerprint density at radius 3 is 2.60 bits per heavy atom. The molecule has 20 heavy (non-hydrogen) atoms. The van der Waals surface area contributed by atoms with E-state index in [2.05, 4.69) is 24.4 Å². The molecule has 0 aliphatic carbocycles. The zero-order valence-electron chi connectivity index (χ0n) is 11.3. The van der Waals surface area contributed by atoms with Crippen LogP contribution in [0.2, 0.25) is 0 Å². The fourth-order valence-corrected chi connectivity index (χ4v) is 2.70. The zero-order chi connectivity index (χ0) is 14.1. The third-order valence-corrected chi connectivity index (χ3v) is 3.72. The number of amides is 3. The van der Waals surface area contributed by atoms with E-state index in [1.54, 1.807) is 4.90 Å². The molecule has 4 nitrogen and oxygen atoms in total. The van der Waals surface area contributed by atoms with Gasteiger partial charge in [0.15, 0.2) is 0 Å². The summed E-state index contributed by atoms with van der Waals surface area (Å²) in [6.45, 7) is 2.55. The topological polar surface area (TPSA) is 49.4 Å². The Hall–Kier alpha value is -2.36. The SMILES string of the molecule is CCc1cccc2c(N3CCC(=O)NC3=O)cccc12. The van der Waals surface area contributed by atoms with E-state index in [0.717, 1.165) is 22.9 Å². The summed E-state index contributed by atoms with van der Waals surface area (Å²) in [5.74, 6) is -0.208. The molecule has 0 radical (unpaired) electrons. The number of nitrogens with zero attached hydrogens (tertiary/aromatic N) is 1. The summed E-state index contributed by atoms with van der Waals surface area (Å²) >= 11 is 0. The van der Waals surface area contributed by atoms with E-state index in [9.17, 15) is 9.59 Å². The molecule has 1 aliphatic rings. The summed E-state index contributed by atoms with van der Waals surface area (Å²) in [7, 11) is 0. The molecule has 0 spiro atoms. The Labute approximate surface area is 117 Å². The van der Waals surface area contributed by atoms with Crippen LogP contribution >= 0.6 is 0 Å². The van der Waals surface area contributed by atoms with E-state index >= 15 is 0 Å². The molecule has 0 saturated carbocycles. The van der Waals surface area contributed by atoms with Crippen molar-refractivity contribution in [2.45, 2.75) is 19.8 Å². The molecule has 1 aliphatic heterocycles. The van der Waals surface area contributed by atoms with Crippen LogP contribution in [-0.2, 0) is 11.2 Å².